The summed E-state index contributed by atoms with van der Waals surface area (Å²) < 4.78 is 0. The monoisotopic (exact) mass is 106 g/mol. The molecule has 2 radical (unpaired) electrons. The van der Waals surface area contributed by atoms with Crippen molar-refractivity contribution in [3.05, 3.63) is 23.8 Å². The van der Waals surface area contributed by atoms with Crippen LogP contribution in [0.25, 0.3) is 0 Å². The Kier molecular flexibility index (Phi) is 1.24. The van der Waals surface area contributed by atoms with Crippen molar-refractivity contribution >= 4 is 0 Å². The van der Waals surface area contributed by atoms with Crippen molar-refractivity contribution in [3.8, 4) is 0 Å². The van der Waals surface area contributed by atoms with E-state index in [1.54, 1.807) is 0 Å². The minimum absolute atomic E-state index is 0.845. The Bertz CT molecular complexity index is 166. The normalized spacial score (nSPS) is 9.25. The minimum Gasteiger partial charge on any atom is -0.230 e. The molecule has 0 fully saturated rings. The van der Waals surface area contributed by atoms with Crippen molar-refractivity contribution in [2.45, 2.75) is 13.8 Å². The van der Waals surface area contributed by atoms with Crippen LogP contribution in [0.3, 0.4) is 0 Å². The molecule has 1 aromatic heterocycles. The first-order chi connectivity index (χ1) is 3.79. The van der Waals surface area contributed by atoms with Crippen LogP contribution in [0.5, 0.6) is 0 Å². The summed E-state index contributed by atoms with van der Waals surface area (Å²) in [6.07, 6.45) is 2.50. The largest absolute Gasteiger partial charge is 0.230 e. The Morgan fingerprint density at radius 3 is 1.88 bits per heavy atom. The van der Waals surface area contributed by atoms with Gasteiger partial charge in [0.05, 0.1) is 0 Å². The van der Waals surface area contributed by atoms with E-state index < -0.39 is 0 Å². The maximum atomic E-state index is 3.75. The molecular formula is C6H6N2. The number of aryl methyl sites for hydroxylation is 2. The van der Waals surface area contributed by atoms with Crippen molar-refractivity contribution in [1.82, 2.24) is 9.97 Å². The van der Waals surface area contributed by atoms with E-state index >= 15 is 0 Å². The van der Waals surface area contributed by atoms with E-state index in [0.717, 1.165) is 11.4 Å². The molecule has 0 saturated heterocycles. The lowest BCUT2D eigenvalue weighted by atomic mass is 10.4. The van der Waals surface area contributed by atoms with Gasteiger partial charge in [0.15, 0.2) is 6.33 Å². The molecule has 0 atom stereocenters. The van der Waals surface area contributed by atoms with E-state index in [-0.39, 0.29) is 0 Å². The van der Waals surface area contributed by atoms with Crippen LogP contribution in [0.2, 0.25) is 0 Å². The molecule has 40 valence electrons. The predicted octanol–water partition coefficient (Wildman–Crippen LogP) is 0.694. The minimum atomic E-state index is 0.845. The van der Waals surface area contributed by atoms with Crippen LogP contribution in [0.15, 0.2) is 0 Å². The van der Waals surface area contributed by atoms with Crippen molar-refractivity contribution in [1.29, 1.82) is 0 Å². The molecule has 0 aliphatic carbocycles. The highest BCUT2D eigenvalue weighted by Gasteiger charge is 1.85. The summed E-state index contributed by atoms with van der Waals surface area (Å²) in [4.78, 5) is 7.50. The van der Waals surface area contributed by atoms with Crippen molar-refractivity contribution < 1.29 is 0 Å². The van der Waals surface area contributed by atoms with Gasteiger partial charge in [-0.1, -0.05) is 0 Å². The molecule has 0 aliphatic heterocycles. The number of hydrogen-bond acceptors (Lipinski definition) is 2. The Hall–Kier alpha value is -0.920. The average Bonchev–Trinajstić information content (AvgIpc) is 1.64. The van der Waals surface area contributed by atoms with Gasteiger partial charge in [0.2, 0.25) is 0 Å². The second-order valence-corrected chi connectivity index (χ2v) is 1.62. The highest BCUT2D eigenvalue weighted by molar-refractivity contribution is 5.00. The fourth-order valence-corrected chi connectivity index (χ4v) is 0.493. The predicted molar refractivity (Wildman–Crippen MR) is 29.2 cm³/mol. The topological polar surface area (TPSA) is 25.8 Å². The highest BCUT2D eigenvalue weighted by atomic mass is 14.8. The van der Waals surface area contributed by atoms with Gasteiger partial charge in [0.25, 0.3) is 0 Å². The number of rotatable bonds is 0. The van der Waals surface area contributed by atoms with Gasteiger partial charge in [-0.3, -0.25) is 0 Å². The molecule has 0 saturated carbocycles. The first-order valence-electron chi connectivity index (χ1n) is 2.39. The SMILES string of the molecule is Cc1[c]c(C)n[c]n1. The summed E-state index contributed by atoms with van der Waals surface area (Å²) in [5, 5.41) is 0. The molecule has 0 aliphatic rings. The molecule has 8 heavy (non-hydrogen) atoms. The van der Waals surface area contributed by atoms with Crippen LogP contribution >= 0.6 is 0 Å². The van der Waals surface area contributed by atoms with E-state index in [1.165, 1.54) is 0 Å². The lowest BCUT2D eigenvalue weighted by Crippen LogP contribution is -1.86. The smallest absolute Gasteiger partial charge is 0.198 e. The third-order valence-electron chi connectivity index (χ3n) is 0.797. The highest BCUT2D eigenvalue weighted by Crippen LogP contribution is 1.89. The molecule has 0 spiro atoms. The van der Waals surface area contributed by atoms with Gasteiger partial charge < -0.3 is 0 Å². The quantitative estimate of drug-likeness (QED) is 0.486. The summed E-state index contributed by atoms with van der Waals surface area (Å²) in [7, 11) is 0. The van der Waals surface area contributed by atoms with E-state index in [9.17, 15) is 0 Å². The zero-order chi connectivity index (χ0) is 5.98. The summed E-state index contributed by atoms with van der Waals surface area (Å²) >= 11 is 0. The zero-order valence-corrected chi connectivity index (χ0v) is 4.89. The van der Waals surface area contributed by atoms with E-state index in [0.29, 0.717) is 0 Å². The standard InChI is InChI=1S/C6H6N2/c1-5-3-6(2)8-4-7-5/h1-2H3. The Morgan fingerprint density at radius 2 is 1.62 bits per heavy atom. The average molecular weight is 106 g/mol. The molecule has 2 nitrogen and oxygen atoms in total. The van der Waals surface area contributed by atoms with Gasteiger partial charge in [-0.15, -0.1) is 0 Å². The van der Waals surface area contributed by atoms with Crippen molar-refractivity contribution in [2.75, 3.05) is 0 Å². The molecule has 0 unspecified atom stereocenters. The van der Waals surface area contributed by atoms with Gasteiger partial charge >= 0.3 is 0 Å². The number of aromatic nitrogens is 2. The van der Waals surface area contributed by atoms with Gasteiger partial charge in [-0.05, 0) is 13.8 Å². The van der Waals surface area contributed by atoms with Crippen LogP contribution in [0.1, 0.15) is 11.4 Å². The molecule has 0 aromatic carbocycles. The fraction of sp³-hybridized carbons (Fsp3) is 0.333. The van der Waals surface area contributed by atoms with Crippen LogP contribution in [0, 0.1) is 26.2 Å². The maximum absolute atomic E-state index is 3.75. The maximum Gasteiger partial charge on any atom is 0.198 e. The fourth-order valence-electron chi connectivity index (χ4n) is 0.493. The Balaban J connectivity index is 3.08. The first kappa shape index (κ1) is 5.22. The van der Waals surface area contributed by atoms with Gasteiger partial charge in [-0.2, -0.15) is 0 Å². The second-order valence-electron chi connectivity index (χ2n) is 1.62. The molecule has 0 N–H and O–H groups in total. The van der Waals surface area contributed by atoms with Crippen molar-refractivity contribution in [3.63, 3.8) is 0 Å². The molecule has 1 rings (SSSR count). The Labute approximate surface area is 48.6 Å². The summed E-state index contributed by atoms with van der Waals surface area (Å²) in [5.41, 5.74) is 1.69. The molecule has 1 heterocycles. The Morgan fingerprint density at radius 1 is 1.12 bits per heavy atom. The van der Waals surface area contributed by atoms with E-state index in [4.69, 9.17) is 0 Å². The van der Waals surface area contributed by atoms with Gasteiger partial charge in [0.1, 0.15) is 0 Å². The van der Waals surface area contributed by atoms with E-state index in [2.05, 4.69) is 22.4 Å². The lowest BCUT2D eigenvalue weighted by Gasteiger charge is -1.87. The summed E-state index contributed by atoms with van der Waals surface area (Å²) in [5.74, 6) is 0. The first-order valence-corrected chi connectivity index (χ1v) is 2.39. The molecular weight excluding hydrogens is 100 g/mol. The third kappa shape index (κ3) is 1.03. The molecule has 1 aromatic rings. The summed E-state index contributed by atoms with van der Waals surface area (Å²) in [6.45, 7) is 3.73. The van der Waals surface area contributed by atoms with Crippen LogP contribution < -0.4 is 0 Å². The molecule has 2 heteroatoms. The summed E-state index contributed by atoms with van der Waals surface area (Å²) in [6, 6.07) is 2.92. The van der Waals surface area contributed by atoms with Crippen LogP contribution in [-0.2, 0) is 0 Å². The third-order valence-corrected chi connectivity index (χ3v) is 0.797. The van der Waals surface area contributed by atoms with Crippen LogP contribution in [0.4, 0.5) is 0 Å². The molecule has 0 bridgehead atoms. The second kappa shape index (κ2) is 1.90. The van der Waals surface area contributed by atoms with E-state index in [1.807, 2.05) is 13.8 Å². The van der Waals surface area contributed by atoms with Gasteiger partial charge in [-0.25, -0.2) is 9.97 Å². The van der Waals surface area contributed by atoms with Gasteiger partial charge in [0, 0.05) is 17.5 Å². The molecule has 0 amide bonds. The number of hydrogen-bond donors (Lipinski definition) is 0. The number of nitrogens with zero attached hydrogens (tertiary/aromatic N) is 2. The lowest BCUT2D eigenvalue weighted by molar-refractivity contribution is 1.03. The zero-order valence-electron chi connectivity index (χ0n) is 4.89. The van der Waals surface area contributed by atoms with Crippen molar-refractivity contribution in [2.24, 2.45) is 0 Å². The van der Waals surface area contributed by atoms with Crippen LogP contribution in [-0.4, -0.2) is 9.97 Å².